The summed E-state index contributed by atoms with van der Waals surface area (Å²) in [6, 6.07) is 3.53. The molecule has 0 aliphatic carbocycles. The number of esters is 1. The van der Waals surface area contributed by atoms with Crippen LogP contribution in [0.25, 0.3) is 0 Å². The number of hydrogen-bond donors (Lipinski definition) is 2. The van der Waals surface area contributed by atoms with E-state index in [0.29, 0.717) is 4.90 Å². The molecule has 3 amide bonds. The highest BCUT2D eigenvalue weighted by atomic mass is 16.6. The summed E-state index contributed by atoms with van der Waals surface area (Å²) in [4.78, 5) is 49.9. The number of urea groups is 1. The fourth-order valence-electron chi connectivity index (χ4n) is 2.55. The first-order chi connectivity index (χ1) is 13.9. The molecule has 0 heterocycles. The van der Waals surface area contributed by atoms with Gasteiger partial charge in [-0.05, 0) is 58.2 Å². The first kappa shape index (κ1) is 24.9. The molecule has 0 radical (unpaired) electrons. The van der Waals surface area contributed by atoms with E-state index in [1.54, 1.807) is 41.5 Å². The highest BCUT2D eigenvalue weighted by Gasteiger charge is 2.38. The molecular formula is C21H30N2O7. The average Bonchev–Trinajstić information content (AvgIpc) is 2.59. The standard InChI is InChI=1S/C21H30N2O7/c1-7-29-18(26)14-9-8-10-15(12-14)22-19(27)23(20(28)30-21(4,5)6)16(17(24)25)11-13(2)3/h8-10,12-13,16H,7,11H2,1-6H3,(H,22,27)(H,24,25)/t16-/m0/s1. The Hall–Kier alpha value is -3.10. The third-order valence-electron chi connectivity index (χ3n) is 3.73. The van der Waals surface area contributed by atoms with E-state index in [1.807, 2.05) is 0 Å². The van der Waals surface area contributed by atoms with E-state index >= 15 is 0 Å². The third-order valence-corrected chi connectivity index (χ3v) is 3.73. The Morgan fingerprint density at radius 3 is 2.30 bits per heavy atom. The highest BCUT2D eigenvalue weighted by Crippen LogP contribution is 2.20. The number of hydrogen-bond acceptors (Lipinski definition) is 6. The number of carboxylic acids is 1. The van der Waals surface area contributed by atoms with Gasteiger partial charge in [-0.1, -0.05) is 19.9 Å². The van der Waals surface area contributed by atoms with Crippen LogP contribution in [0.15, 0.2) is 24.3 Å². The molecule has 1 aromatic rings. The summed E-state index contributed by atoms with van der Waals surface area (Å²) in [7, 11) is 0. The van der Waals surface area contributed by atoms with Crippen LogP contribution in [0.2, 0.25) is 0 Å². The fourth-order valence-corrected chi connectivity index (χ4v) is 2.55. The lowest BCUT2D eigenvalue weighted by Crippen LogP contribution is -2.52. The number of amides is 3. The van der Waals surface area contributed by atoms with E-state index in [4.69, 9.17) is 9.47 Å². The molecule has 166 valence electrons. The predicted molar refractivity (Wildman–Crippen MR) is 110 cm³/mol. The minimum atomic E-state index is -1.42. The van der Waals surface area contributed by atoms with Crippen molar-refractivity contribution in [2.45, 2.75) is 59.6 Å². The zero-order valence-corrected chi connectivity index (χ0v) is 18.2. The van der Waals surface area contributed by atoms with Crippen LogP contribution in [-0.2, 0) is 14.3 Å². The van der Waals surface area contributed by atoms with E-state index in [-0.39, 0.29) is 30.2 Å². The molecule has 0 unspecified atom stereocenters. The molecule has 0 saturated heterocycles. The SMILES string of the molecule is CCOC(=O)c1cccc(NC(=O)N(C(=O)OC(C)(C)C)[C@@H](CC(C)C)C(=O)O)c1. The summed E-state index contributed by atoms with van der Waals surface area (Å²) in [5.74, 6) is -2.00. The van der Waals surface area contributed by atoms with Crippen molar-refractivity contribution in [2.24, 2.45) is 5.92 Å². The molecule has 9 heteroatoms. The topological polar surface area (TPSA) is 122 Å². The molecule has 1 aromatic carbocycles. The number of anilines is 1. The van der Waals surface area contributed by atoms with E-state index in [0.717, 1.165) is 0 Å². The number of carbonyl (C=O) groups is 4. The second-order valence-electron chi connectivity index (χ2n) is 8.07. The Morgan fingerprint density at radius 2 is 1.80 bits per heavy atom. The lowest BCUT2D eigenvalue weighted by molar-refractivity contribution is -0.142. The smallest absolute Gasteiger partial charge is 0.419 e. The van der Waals surface area contributed by atoms with Gasteiger partial charge in [-0.3, -0.25) is 0 Å². The Bertz CT molecular complexity index is 784. The normalized spacial score (nSPS) is 12.1. The van der Waals surface area contributed by atoms with Crippen LogP contribution in [0.4, 0.5) is 15.3 Å². The zero-order chi connectivity index (χ0) is 23.1. The van der Waals surface area contributed by atoms with Crippen molar-refractivity contribution in [3.05, 3.63) is 29.8 Å². The van der Waals surface area contributed by atoms with Gasteiger partial charge in [0.2, 0.25) is 0 Å². The van der Waals surface area contributed by atoms with Gasteiger partial charge in [0, 0.05) is 5.69 Å². The lowest BCUT2D eigenvalue weighted by Gasteiger charge is -2.30. The summed E-state index contributed by atoms with van der Waals surface area (Å²) in [5, 5.41) is 12.1. The second kappa shape index (κ2) is 10.6. The summed E-state index contributed by atoms with van der Waals surface area (Å²) in [6.45, 7) is 10.3. The quantitative estimate of drug-likeness (QED) is 0.633. The molecule has 0 saturated carbocycles. The lowest BCUT2D eigenvalue weighted by atomic mass is 10.0. The zero-order valence-electron chi connectivity index (χ0n) is 18.2. The molecule has 0 bridgehead atoms. The summed E-state index contributed by atoms with van der Waals surface area (Å²) < 4.78 is 10.2. The molecule has 0 fully saturated rings. The molecule has 2 N–H and O–H groups in total. The average molecular weight is 422 g/mol. The number of carboxylic acid groups (broad SMARTS) is 1. The summed E-state index contributed by atoms with van der Waals surface area (Å²) >= 11 is 0. The van der Waals surface area contributed by atoms with Crippen LogP contribution in [0.3, 0.4) is 0 Å². The first-order valence-electron chi connectivity index (χ1n) is 9.68. The van der Waals surface area contributed by atoms with Crippen molar-refractivity contribution in [3.63, 3.8) is 0 Å². The van der Waals surface area contributed by atoms with E-state index in [1.165, 1.54) is 24.3 Å². The Kier molecular flexibility index (Phi) is 8.82. The van der Waals surface area contributed by atoms with Gasteiger partial charge in [-0.2, -0.15) is 0 Å². The van der Waals surface area contributed by atoms with E-state index < -0.39 is 35.7 Å². The monoisotopic (exact) mass is 422 g/mol. The van der Waals surface area contributed by atoms with Crippen molar-refractivity contribution in [2.75, 3.05) is 11.9 Å². The molecule has 1 atom stereocenters. The van der Waals surface area contributed by atoms with Crippen LogP contribution < -0.4 is 5.32 Å². The number of nitrogens with zero attached hydrogens (tertiary/aromatic N) is 1. The number of imide groups is 1. The molecule has 0 spiro atoms. The van der Waals surface area contributed by atoms with Crippen molar-refractivity contribution in [3.8, 4) is 0 Å². The molecule has 9 nitrogen and oxygen atoms in total. The first-order valence-corrected chi connectivity index (χ1v) is 9.68. The number of aliphatic carboxylic acids is 1. The fraction of sp³-hybridized carbons (Fsp3) is 0.524. The summed E-state index contributed by atoms with van der Waals surface area (Å²) in [5.41, 5.74) is -0.524. The maximum atomic E-state index is 12.9. The molecule has 0 aliphatic heterocycles. The summed E-state index contributed by atoms with van der Waals surface area (Å²) in [6.07, 6.45) is -1.03. The van der Waals surface area contributed by atoms with Crippen LogP contribution >= 0.6 is 0 Å². The van der Waals surface area contributed by atoms with Gasteiger partial charge in [0.15, 0.2) is 0 Å². The Balaban J connectivity index is 3.22. The van der Waals surface area contributed by atoms with Crippen LogP contribution in [0, 0.1) is 5.92 Å². The van der Waals surface area contributed by atoms with Gasteiger partial charge < -0.3 is 19.9 Å². The van der Waals surface area contributed by atoms with Crippen molar-refractivity contribution >= 4 is 29.8 Å². The number of ether oxygens (including phenoxy) is 2. The van der Waals surface area contributed by atoms with Crippen molar-refractivity contribution in [1.82, 2.24) is 4.90 Å². The number of rotatable bonds is 7. The largest absolute Gasteiger partial charge is 0.480 e. The molecule has 1 rings (SSSR count). The highest BCUT2D eigenvalue weighted by molar-refractivity contribution is 6.02. The number of benzene rings is 1. The van der Waals surface area contributed by atoms with Crippen molar-refractivity contribution in [1.29, 1.82) is 0 Å². The maximum absolute atomic E-state index is 12.9. The van der Waals surface area contributed by atoms with Crippen LogP contribution in [0.5, 0.6) is 0 Å². The third kappa shape index (κ3) is 7.73. The molecular weight excluding hydrogens is 392 g/mol. The molecule has 0 aliphatic rings. The van der Waals surface area contributed by atoms with Gasteiger partial charge in [-0.25, -0.2) is 24.1 Å². The van der Waals surface area contributed by atoms with E-state index in [2.05, 4.69) is 5.32 Å². The number of carbonyl (C=O) groups excluding carboxylic acids is 3. The predicted octanol–water partition coefficient (Wildman–Crippen LogP) is 4.13. The second-order valence-corrected chi connectivity index (χ2v) is 8.07. The molecule has 0 aromatic heterocycles. The van der Waals surface area contributed by atoms with E-state index in [9.17, 15) is 24.3 Å². The maximum Gasteiger partial charge on any atom is 0.419 e. The van der Waals surface area contributed by atoms with Gasteiger partial charge in [0.25, 0.3) is 0 Å². The Labute approximate surface area is 176 Å². The molecule has 30 heavy (non-hydrogen) atoms. The van der Waals surface area contributed by atoms with Crippen LogP contribution in [-0.4, -0.2) is 52.3 Å². The van der Waals surface area contributed by atoms with Gasteiger partial charge in [-0.15, -0.1) is 0 Å². The van der Waals surface area contributed by atoms with Crippen molar-refractivity contribution < 1.29 is 33.8 Å². The van der Waals surface area contributed by atoms with Gasteiger partial charge in [0.05, 0.1) is 12.2 Å². The van der Waals surface area contributed by atoms with Crippen LogP contribution in [0.1, 0.15) is 58.3 Å². The Morgan fingerprint density at radius 1 is 1.17 bits per heavy atom. The minimum Gasteiger partial charge on any atom is -0.480 e. The number of nitrogens with one attached hydrogen (secondary N) is 1. The van der Waals surface area contributed by atoms with Gasteiger partial charge in [0.1, 0.15) is 11.6 Å². The minimum absolute atomic E-state index is 0.0465. The van der Waals surface area contributed by atoms with Gasteiger partial charge >= 0.3 is 24.1 Å².